The molecule has 4 fully saturated rings. The van der Waals surface area contributed by atoms with Crippen LogP contribution in [0.1, 0.15) is 6.42 Å². The van der Waals surface area contributed by atoms with E-state index in [1.807, 2.05) is 0 Å². The quantitative estimate of drug-likeness (QED) is 0.153. The van der Waals surface area contributed by atoms with Crippen LogP contribution in [0.4, 0.5) is 0 Å². The standard InChI is InChI=1S/C20H37N3O13/c1-23-7-2-5(21)9(26)15(10(7)27)33-19-17-16(11(28)8(4-25)32-19)35-20(36-17)18(31)13(30)12(29)14(34-20)6(22)3-24/h5-19,23-31H,2-4,21-22H2,1H3/t5-,6-,7+,8-,9+,10-,11+,12-,13+,14-,15?,16+,17?,18-,19+,20+/m1/s1. The molecule has 0 radical (unpaired) electrons. The Balaban J connectivity index is 1.62. The third-order valence-electron chi connectivity index (χ3n) is 7.42. The van der Waals surface area contributed by atoms with E-state index in [-0.39, 0.29) is 6.42 Å². The molecule has 4 rings (SSSR count). The highest BCUT2D eigenvalue weighted by atomic mass is 16.9. The highest BCUT2D eigenvalue weighted by Crippen LogP contribution is 2.45. The van der Waals surface area contributed by atoms with Gasteiger partial charge in [-0.3, -0.25) is 0 Å². The Kier molecular flexibility index (Phi) is 8.55. The average molecular weight is 528 g/mol. The third kappa shape index (κ3) is 4.68. The predicted molar refractivity (Wildman–Crippen MR) is 115 cm³/mol. The number of nitrogens with two attached hydrogens (primary N) is 2. The summed E-state index contributed by atoms with van der Waals surface area (Å²) >= 11 is 0. The van der Waals surface area contributed by atoms with Crippen LogP contribution in [0, 0.1) is 0 Å². The van der Waals surface area contributed by atoms with Crippen LogP contribution in [0.15, 0.2) is 0 Å². The largest absolute Gasteiger partial charge is 0.395 e. The summed E-state index contributed by atoms with van der Waals surface area (Å²) in [6, 6.07) is -2.50. The van der Waals surface area contributed by atoms with Gasteiger partial charge in [-0.15, -0.1) is 0 Å². The number of nitrogens with one attached hydrogen (secondary N) is 1. The van der Waals surface area contributed by atoms with E-state index < -0.39 is 111 Å². The fourth-order valence-electron chi connectivity index (χ4n) is 5.23. The van der Waals surface area contributed by atoms with Gasteiger partial charge in [0.1, 0.15) is 48.8 Å². The summed E-state index contributed by atoms with van der Waals surface area (Å²) < 4.78 is 28.7. The average Bonchev–Trinajstić information content (AvgIpc) is 3.27. The molecule has 0 aromatic heterocycles. The van der Waals surface area contributed by atoms with Gasteiger partial charge < -0.3 is 81.3 Å². The molecule has 2 unspecified atom stereocenters. The van der Waals surface area contributed by atoms with Crippen LogP contribution in [0.5, 0.6) is 0 Å². The number of hydrogen-bond donors (Lipinski definition) is 11. The van der Waals surface area contributed by atoms with Crippen molar-refractivity contribution < 1.29 is 64.5 Å². The van der Waals surface area contributed by atoms with E-state index in [0.29, 0.717) is 0 Å². The highest BCUT2D eigenvalue weighted by molar-refractivity contribution is 5.05. The van der Waals surface area contributed by atoms with E-state index in [1.54, 1.807) is 7.05 Å². The molecule has 4 aliphatic rings. The molecule has 16 heteroatoms. The maximum absolute atomic E-state index is 10.7. The van der Waals surface area contributed by atoms with Gasteiger partial charge in [0.25, 0.3) is 0 Å². The molecule has 1 saturated carbocycles. The van der Waals surface area contributed by atoms with Gasteiger partial charge in [-0.25, -0.2) is 0 Å². The SMILES string of the molecule is CN[C@H]1C[C@@H](N)[C@H](O)C(O[C@@H]2O[C@H](CO)[C@H](O)[C@@H]3O[C@@]4(OC23)O[C@H]([C@H](N)CO)[C@H](O)[C@H](O)[C@H]4O)[C@@H]1O. The number of aliphatic hydroxyl groups excluding tert-OH is 8. The molecule has 3 heterocycles. The van der Waals surface area contributed by atoms with Crippen molar-refractivity contribution in [1.29, 1.82) is 0 Å². The normalized spacial score (nSPS) is 54.4. The number of rotatable bonds is 6. The first-order valence-electron chi connectivity index (χ1n) is 11.8. The Morgan fingerprint density at radius 1 is 0.944 bits per heavy atom. The second-order valence-corrected chi connectivity index (χ2v) is 9.72. The van der Waals surface area contributed by atoms with Crippen molar-refractivity contribution >= 4 is 0 Å². The van der Waals surface area contributed by atoms with Crippen molar-refractivity contribution in [2.75, 3.05) is 20.3 Å². The number of likely N-dealkylation sites (N-methyl/N-ethyl adjacent to an activating group) is 1. The summed E-state index contributed by atoms with van der Waals surface area (Å²) in [6.07, 6.45) is -17.7. The summed E-state index contributed by atoms with van der Waals surface area (Å²) in [5.41, 5.74) is 11.8. The lowest BCUT2D eigenvalue weighted by molar-refractivity contribution is -0.439. The van der Waals surface area contributed by atoms with Crippen LogP contribution in [-0.2, 0) is 23.7 Å². The van der Waals surface area contributed by atoms with Crippen LogP contribution >= 0.6 is 0 Å². The molecule has 16 atom stereocenters. The Morgan fingerprint density at radius 3 is 2.22 bits per heavy atom. The van der Waals surface area contributed by atoms with Gasteiger partial charge in [-0.1, -0.05) is 0 Å². The predicted octanol–water partition coefficient (Wildman–Crippen LogP) is -7.27. The van der Waals surface area contributed by atoms with Gasteiger partial charge in [0.15, 0.2) is 12.4 Å². The Morgan fingerprint density at radius 2 is 1.61 bits per heavy atom. The van der Waals surface area contributed by atoms with Gasteiger partial charge in [0.05, 0.1) is 31.5 Å². The van der Waals surface area contributed by atoms with Gasteiger partial charge in [0.2, 0.25) is 0 Å². The molecule has 13 N–H and O–H groups in total. The van der Waals surface area contributed by atoms with Gasteiger partial charge in [-0.05, 0) is 13.5 Å². The Bertz CT molecular complexity index is 756. The first-order chi connectivity index (χ1) is 17.0. The van der Waals surface area contributed by atoms with Crippen LogP contribution in [-0.4, -0.2) is 159 Å². The molecule has 0 aromatic carbocycles. The molecule has 3 saturated heterocycles. The monoisotopic (exact) mass is 527 g/mol. The van der Waals surface area contributed by atoms with E-state index in [0.717, 1.165) is 0 Å². The summed E-state index contributed by atoms with van der Waals surface area (Å²) in [5.74, 6) is -2.48. The van der Waals surface area contributed by atoms with Crippen LogP contribution in [0.3, 0.4) is 0 Å². The van der Waals surface area contributed by atoms with Crippen LogP contribution in [0.2, 0.25) is 0 Å². The molecule has 210 valence electrons. The number of fused-ring (bicyclic) bond motifs is 1. The van der Waals surface area contributed by atoms with Crippen molar-refractivity contribution in [3.8, 4) is 0 Å². The van der Waals surface area contributed by atoms with Crippen LogP contribution in [0.25, 0.3) is 0 Å². The maximum Gasteiger partial charge on any atom is 0.314 e. The number of hydrogen-bond acceptors (Lipinski definition) is 16. The lowest BCUT2D eigenvalue weighted by Gasteiger charge is -2.46. The molecule has 1 spiro atoms. The Labute approximate surface area is 206 Å². The van der Waals surface area contributed by atoms with E-state index in [4.69, 9.17) is 35.2 Å². The summed E-state index contributed by atoms with van der Waals surface area (Å²) in [4.78, 5) is 0. The molecule has 36 heavy (non-hydrogen) atoms. The maximum atomic E-state index is 10.7. The number of aliphatic hydroxyl groups is 8. The molecule has 16 nitrogen and oxygen atoms in total. The minimum atomic E-state index is -2.48. The van der Waals surface area contributed by atoms with Gasteiger partial charge >= 0.3 is 5.97 Å². The van der Waals surface area contributed by atoms with E-state index in [9.17, 15) is 40.9 Å². The molecule has 0 aromatic rings. The third-order valence-corrected chi connectivity index (χ3v) is 7.42. The van der Waals surface area contributed by atoms with Crippen LogP contribution < -0.4 is 16.8 Å². The van der Waals surface area contributed by atoms with Crippen molar-refractivity contribution in [3.05, 3.63) is 0 Å². The summed E-state index contributed by atoms with van der Waals surface area (Å²) in [5, 5.41) is 85.6. The molecule has 3 aliphatic heterocycles. The summed E-state index contributed by atoms with van der Waals surface area (Å²) in [7, 11) is 1.60. The molecule has 0 amide bonds. The fraction of sp³-hybridized carbons (Fsp3) is 1.00. The van der Waals surface area contributed by atoms with E-state index in [1.165, 1.54) is 0 Å². The second kappa shape index (κ2) is 10.9. The van der Waals surface area contributed by atoms with Gasteiger partial charge in [-0.2, -0.15) is 0 Å². The van der Waals surface area contributed by atoms with Gasteiger partial charge in [0, 0.05) is 12.1 Å². The van der Waals surface area contributed by atoms with Crippen molar-refractivity contribution in [2.24, 2.45) is 11.5 Å². The minimum absolute atomic E-state index is 0.254. The second-order valence-electron chi connectivity index (χ2n) is 9.72. The van der Waals surface area contributed by atoms with Crippen molar-refractivity contribution in [2.45, 2.75) is 104 Å². The molecular weight excluding hydrogens is 490 g/mol. The zero-order valence-electron chi connectivity index (χ0n) is 19.6. The first kappa shape index (κ1) is 28.4. The lowest BCUT2D eigenvalue weighted by Crippen LogP contribution is -2.69. The molecule has 0 bridgehead atoms. The molecular formula is C20H37N3O13. The summed E-state index contributed by atoms with van der Waals surface area (Å²) in [6.45, 7) is -1.33. The van der Waals surface area contributed by atoms with Crippen molar-refractivity contribution in [3.63, 3.8) is 0 Å². The number of ether oxygens (including phenoxy) is 5. The zero-order valence-corrected chi connectivity index (χ0v) is 19.6. The fourth-order valence-corrected chi connectivity index (χ4v) is 5.23. The first-order valence-corrected chi connectivity index (χ1v) is 11.8. The lowest BCUT2D eigenvalue weighted by atomic mass is 9.84. The minimum Gasteiger partial charge on any atom is -0.395 e. The van der Waals surface area contributed by atoms with Crippen molar-refractivity contribution in [1.82, 2.24) is 5.32 Å². The molecule has 1 aliphatic carbocycles. The van der Waals surface area contributed by atoms with E-state index in [2.05, 4.69) is 5.32 Å². The Hall–Kier alpha value is -0.640. The topological polar surface area (TPSA) is 272 Å². The smallest absolute Gasteiger partial charge is 0.314 e. The van der Waals surface area contributed by atoms with E-state index >= 15 is 0 Å². The highest BCUT2D eigenvalue weighted by Gasteiger charge is 2.67. The zero-order chi connectivity index (χ0) is 26.5.